The topological polar surface area (TPSA) is 103 Å². The van der Waals surface area contributed by atoms with Crippen LogP contribution in [0, 0.1) is 0 Å². The van der Waals surface area contributed by atoms with Crippen molar-refractivity contribution >= 4 is 29.4 Å². The molecular formula is C26H22N2O6. The molecule has 0 unspecified atom stereocenters. The number of hydrogen-bond acceptors (Lipinski definition) is 6. The van der Waals surface area contributed by atoms with Gasteiger partial charge in [-0.1, -0.05) is 18.2 Å². The number of methoxy groups -OCH3 is 1. The number of hydrogen-bond donors (Lipinski definition) is 2. The van der Waals surface area contributed by atoms with Crippen molar-refractivity contribution in [2.24, 2.45) is 0 Å². The second-order valence-electron chi connectivity index (χ2n) is 7.41. The number of Topliss-reactive ketones (excluding diaryl/α,β-unsaturated/α-hetero) is 1. The summed E-state index contributed by atoms with van der Waals surface area (Å²) in [6.07, 6.45) is 1.54. The van der Waals surface area contributed by atoms with Crippen molar-refractivity contribution in [1.29, 1.82) is 0 Å². The maximum atomic E-state index is 13.1. The van der Waals surface area contributed by atoms with E-state index in [1.54, 1.807) is 66.7 Å². The summed E-state index contributed by atoms with van der Waals surface area (Å²) in [6.45, 7) is 1.59. The summed E-state index contributed by atoms with van der Waals surface area (Å²) in [7, 11) is 1.47. The van der Waals surface area contributed by atoms with Gasteiger partial charge < -0.3 is 24.8 Å². The minimum absolute atomic E-state index is 0.00501. The van der Waals surface area contributed by atoms with Crippen LogP contribution in [0.1, 0.15) is 33.2 Å². The Balaban J connectivity index is 1.63. The van der Waals surface area contributed by atoms with Crippen LogP contribution < -0.4 is 24.8 Å². The first-order valence-corrected chi connectivity index (χ1v) is 10.4. The SMILES string of the molecule is COc1ccccc1C(=O)NC(=Cc1ccc2c(c1)OCO2)C(=O)Nc1ccc(C(C)=O)cc1. The number of para-hydroxylation sites is 1. The van der Waals surface area contributed by atoms with Gasteiger partial charge in [0.1, 0.15) is 11.4 Å². The van der Waals surface area contributed by atoms with Crippen molar-refractivity contribution in [3.05, 3.63) is 89.1 Å². The van der Waals surface area contributed by atoms with Gasteiger partial charge in [0.25, 0.3) is 11.8 Å². The number of rotatable bonds is 7. The lowest BCUT2D eigenvalue weighted by atomic mass is 10.1. The average molecular weight is 458 g/mol. The summed E-state index contributed by atoms with van der Waals surface area (Å²) in [6, 6.07) is 18.4. The molecule has 0 atom stereocenters. The first kappa shape index (κ1) is 22.6. The molecule has 0 aromatic heterocycles. The molecule has 0 radical (unpaired) electrons. The molecule has 1 aliphatic heterocycles. The van der Waals surface area contributed by atoms with Crippen molar-refractivity contribution in [3.63, 3.8) is 0 Å². The molecule has 0 saturated carbocycles. The average Bonchev–Trinajstić information content (AvgIpc) is 3.31. The predicted octanol–water partition coefficient (Wildman–Crippen LogP) is 4.04. The van der Waals surface area contributed by atoms with Crippen molar-refractivity contribution in [2.45, 2.75) is 6.92 Å². The van der Waals surface area contributed by atoms with Gasteiger partial charge in [-0.05, 0) is 67.1 Å². The number of amides is 2. The van der Waals surface area contributed by atoms with E-state index in [9.17, 15) is 14.4 Å². The summed E-state index contributed by atoms with van der Waals surface area (Å²) >= 11 is 0. The Morgan fingerprint density at radius 1 is 0.941 bits per heavy atom. The molecule has 0 fully saturated rings. The number of nitrogens with one attached hydrogen (secondary N) is 2. The van der Waals surface area contributed by atoms with Gasteiger partial charge in [-0.25, -0.2) is 0 Å². The summed E-state index contributed by atoms with van der Waals surface area (Å²) in [4.78, 5) is 37.6. The lowest BCUT2D eigenvalue weighted by molar-refractivity contribution is -0.113. The summed E-state index contributed by atoms with van der Waals surface area (Å²) in [5.41, 5.74) is 1.91. The lowest BCUT2D eigenvalue weighted by Crippen LogP contribution is -2.31. The Morgan fingerprint density at radius 3 is 2.41 bits per heavy atom. The number of fused-ring (bicyclic) bond motifs is 1. The Hall–Kier alpha value is -4.59. The summed E-state index contributed by atoms with van der Waals surface area (Å²) < 4.78 is 16.0. The van der Waals surface area contributed by atoms with Crippen LogP contribution in [0.4, 0.5) is 5.69 Å². The fraction of sp³-hybridized carbons (Fsp3) is 0.115. The molecule has 0 aliphatic carbocycles. The minimum atomic E-state index is -0.545. The minimum Gasteiger partial charge on any atom is -0.496 e. The number of ketones is 1. The number of benzene rings is 3. The third-order valence-corrected chi connectivity index (χ3v) is 5.10. The van der Waals surface area contributed by atoms with E-state index in [-0.39, 0.29) is 23.8 Å². The molecule has 8 heteroatoms. The molecule has 1 aliphatic rings. The van der Waals surface area contributed by atoms with Gasteiger partial charge >= 0.3 is 0 Å². The number of carbonyl (C=O) groups excluding carboxylic acids is 3. The molecule has 34 heavy (non-hydrogen) atoms. The van der Waals surface area contributed by atoms with Crippen LogP contribution in [0.5, 0.6) is 17.2 Å². The molecule has 2 amide bonds. The molecule has 0 saturated heterocycles. The smallest absolute Gasteiger partial charge is 0.272 e. The van der Waals surface area contributed by atoms with Gasteiger partial charge in [0, 0.05) is 11.3 Å². The van der Waals surface area contributed by atoms with Crippen molar-refractivity contribution in [1.82, 2.24) is 5.32 Å². The largest absolute Gasteiger partial charge is 0.496 e. The van der Waals surface area contributed by atoms with Crippen LogP contribution in [-0.4, -0.2) is 31.5 Å². The van der Waals surface area contributed by atoms with Crippen LogP contribution in [0.25, 0.3) is 6.08 Å². The highest BCUT2D eigenvalue weighted by molar-refractivity contribution is 6.11. The first-order valence-electron chi connectivity index (χ1n) is 10.4. The fourth-order valence-corrected chi connectivity index (χ4v) is 3.34. The quantitative estimate of drug-likeness (QED) is 0.409. The molecule has 3 aromatic carbocycles. The van der Waals surface area contributed by atoms with E-state index in [0.717, 1.165) is 0 Å². The van der Waals surface area contributed by atoms with Gasteiger partial charge in [-0.3, -0.25) is 14.4 Å². The van der Waals surface area contributed by atoms with Gasteiger partial charge in [0.2, 0.25) is 6.79 Å². The first-order chi connectivity index (χ1) is 16.4. The maximum absolute atomic E-state index is 13.1. The third kappa shape index (κ3) is 5.07. The van der Waals surface area contributed by atoms with E-state index >= 15 is 0 Å². The molecule has 0 bridgehead atoms. The normalized spacial score (nSPS) is 12.1. The van der Waals surface area contributed by atoms with E-state index in [1.165, 1.54) is 20.1 Å². The Kier molecular flexibility index (Phi) is 6.59. The molecule has 1 heterocycles. The van der Waals surface area contributed by atoms with Crippen LogP contribution >= 0.6 is 0 Å². The highest BCUT2D eigenvalue weighted by Crippen LogP contribution is 2.33. The van der Waals surface area contributed by atoms with Crippen molar-refractivity contribution < 1.29 is 28.6 Å². The van der Waals surface area contributed by atoms with Gasteiger partial charge in [0.05, 0.1) is 12.7 Å². The van der Waals surface area contributed by atoms with Crippen molar-refractivity contribution in [3.8, 4) is 17.2 Å². The van der Waals surface area contributed by atoms with Gasteiger partial charge in [0.15, 0.2) is 17.3 Å². The fourth-order valence-electron chi connectivity index (χ4n) is 3.34. The second kappa shape index (κ2) is 9.91. The molecule has 3 aromatic rings. The van der Waals surface area contributed by atoms with E-state index in [2.05, 4.69) is 10.6 Å². The zero-order valence-electron chi connectivity index (χ0n) is 18.6. The monoisotopic (exact) mass is 458 g/mol. The number of ether oxygens (including phenoxy) is 3. The van der Waals surface area contributed by atoms with E-state index < -0.39 is 11.8 Å². The third-order valence-electron chi connectivity index (χ3n) is 5.10. The molecule has 4 rings (SSSR count). The van der Waals surface area contributed by atoms with E-state index in [4.69, 9.17) is 14.2 Å². The standard InChI is InChI=1S/C26H22N2O6/c1-16(29)18-8-10-19(11-9-18)27-26(31)21(13-17-7-12-23-24(14-17)34-15-33-23)28-25(30)20-5-3-4-6-22(20)32-2/h3-14H,15H2,1-2H3,(H,27,31)(H,28,30). The maximum Gasteiger partial charge on any atom is 0.272 e. The molecular weight excluding hydrogens is 436 g/mol. The van der Waals surface area contributed by atoms with Crippen LogP contribution in [0.3, 0.4) is 0 Å². The predicted molar refractivity (Wildman–Crippen MR) is 126 cm³/mol. The van der Waals surface area contributed by atoms with E-state index in [0.29, 0.717) is 34.1 Å². The second-order valence-corrected chi connectivity index (χ2v) is 7.41. The zero-order valence-corrected chi connectivity index (χ0v) is 18.6. The van der Waals surface area contributed by atoms with E-state index in [1.807, 2.05) is 0 Å². The highest BCUT2D eigenvalue weighted by atomic mass is 16.7. The van der Waals surface area contributed by atoms with Gasteiger partial charge in [-0.2, -0.15) is 0 Å². The Bertz CT molecular complexity index is 1280. The lowest BCUT2D eigenvalue weighted by Gasteiger charge is -2.13. The molecule has 8 nitrogen and oxygen atoms in total. The Labute approximate surface area is 196 Å². The highest BCUT2D eigenvalue weighted by Gasteiger charge is 2.19. The number of anilines is 1. The van der Waals surface area contributed by atoms with Gasteiger partial charge in [-0.15, -0.1) is 0 Å². The molecule has 0 spiro atoms. The van der Waals surface area contributed by atoms with Crippen LogP contribution in [0.15, 0.2) is 72.4 Å². The summed E-state index contributed by atoms with van der Waals surface area (Å²) in [5, 5.41) is 5.42. The Morgan fingerprint density at radius 2 is 1.68 bits per heavy atom. The van der Waals surface area contributed by atoms with Crippen LogP contribution in [0.2, 0.25) is 0 Å². The van der Waals surface area contributed by atoms with Crippen molar-refractivity contribution in [2.75, 3.05) is 19.2 Å². The molecule has 2 N–H and O–H groups in total. The van der Waals surface area contributed by atoms with Crippen LogP contribution in [-0.2, 0) is 4.79 Å². The molecule has 172 valence electrons. The summed E-state index contributed by atoms with van der Waals surface area (Å²) in [5.74, 6) is 0.396. The zero-order chi connectivity index (χ0) is 24.1. The number of carbonyl (C=O) groups is 3.